The van der Waals surface area contributed by atoms with Gasteiger partial charge in [-0.05, 0) is 19.8 Å². The van der Waals surface area contributed by atoms with Crippen LogP contribution in [0.15, 0.2) is 4.99 Å². The number of carbonyl (C=O) groups is 1. The zero-order valence-electron chi connectivity index (χ0n) is 14.1. The third-order valence-corrected chi connectivity index (χ3v) is 3.29. The number of hydrogen-bond donors (Lipinski definition) is 2. The summed E-state index contributed by atoms with van der Waals surface area (Å²) < 4.78 is 15.5. The minimum absolute atomic E-state index is 0. The van der Waals surface area contributed by atoms with Gasteiger partial charge >= 0.3 is 5.97 Å². The van der Waals surface area contributed by atoms with Gasteiger partial charge in [0.15, 0.2) is 5.96 Å². The van der Waals surface area contributed by atoms with E-state index in [9.17, 15) is 4.79 Å². The van der Waals surface area contributed by atoms with E-state index in [4.69, 9.17) is 9.47 Å². The number of esters is 1. The highest BCUT2D eigenvalue weighted by Crippen LogP contribution is 2.12. The molecule has 2 N–H and O–H groups in total. The molecular weight excluding hydrogens is 413 g/mol. The average Bonchev–Trinajstić information content (AvgIpc) is 3.03. The molecule has 136 valence electrons. The molecule has 0 aromatic carbocycles. The fraction of sp³-hybridized carbons (Fsp3) is 0.867. The van der Waals surface area contributed by atoms with Crippen LogP contribution in [0.2, 0.25) is 0 Å². The SMILES string of the molecule is CCNC(=NCCCOCC1CCOC1)NCCC(=O)OC.I. The van der Waals surface area contributed by atoms with E-state index in [1.54, 1.807) is 0 Å². The molecular formula is C15H30IN3O4. The van der Waals surface area contributed by atoms with Gasteiger partial charge in [-0.15, -0.1) is 24.0 Å². The van der Waals surface area contributed by atoms with E-state index < -0.39 is 0 Å². The first-order valence-electron chi connectivity index (χ1n) is 8.00. The monoisotopic (exact) mass is 443 g/mol. The largest absolute Gasteiger partial charge is 0.469 e. The molecule has 0 bridgehead atoms. The Labute approximate surface area is 155 Å². The highest BCUT2D eigenvalue weighted by atomic mass is 127. The molecule has 0 radical (unpaired) electrons. The molecule has 1 unspecified atom stereocenters. The lowest BCUT2D eigenvalue weighted by atomic mass is 10.1. The predicted molar refractivity (Wildman–Crippen MR) is 100 cm³/mol. The summed E-state index contributed by atoms with van der Waals surface area (Å²) in [7, 11) is 1.39. The summed E-state index contributed by atoms with van der Waals surface area (Å²) in [6, 6.07) is 0. The summed E-state index contributed by atoms with van der Waals surface area (Å²) >= 11 is 0. The number of hydrogen-bond acceptors (Lipinski definition) is 5. The number of methoxy groups -OCH3 is 1. The van der Waals surface area contributed by atoms with Gasteiger partial charge < -0.3 is 24.8 Å². The van der Waals surface area contributed by atoms with Gasteiger partial charge in [-0.1, -0.05) is 0 Å². The Bertz CT molecular complexity index is 337. The lowest BCUT2D eigenvalue weighted by molar-refractivity contribution is -0.140. The smallest absolute Gasteiger partial charge is 0.307 e. The van der Waals surface area contributed by atoms with E-state index in [-0.39, 0.29) is 29.9 Å². The molecule has 1 aliphatic rings. The lowest BCUT2D eigenvalue weighted by Crippen LogP contribution is -2.38. The zero-order valence-corrected chi connectivity index (χ0v) is 16.5. The van der Waals surface area contributed by atoms with Gasteiger partial charge in [0.25, 0.3) is 0 Å². The number of carbonyl (C=O) groups excluding carboxylic acids is 1. The van der Waals surface area contributed by atoms with Crippen LogP contribution in [0, 0.1) is 5.92 Å². The molecule has 0 aromatic rings. The Kier molecular flexibility index (Phi) is 14.6. The number of rotatable bonds is 10. The molecule has 1 fully saturated rings. The number of nitrogens with one attached hydrogen (secondary N) is 2. The van der Waals surface area contributed by atoms with Crippen LogP contribution in [-0.2, 0) is 19.0 Å². The molecule has 1 aliphatic heterocycles. The van der Waals surface area contributed by atoms with Gasteiger partial charge in [-0.2, -0.15) is 0 Å². The fourth-order valence-electron chi connectivity index (χ4n) is 2.05. The van der Waals surface area contributed by atoms with Gasteiger partial charge in [0.1, 0.15) is 0 Å². The maximum absolute atomic E-state index is 11.0. The minimum atomic E-state index is -0.229. The molecule has 8 heteroatoms. The van der Waals surface area contributed by atoms with E-state index in [0.717, 1.165) is 45.2 Å². The summed E-state index contributed by atoms with van der Waals surface area (Å²) in [5.41, 5.74) is 0. The van der Waals surface area contributed by atoms with Crippen molar-refractivity contribution < 1.29 is 19.0 Å². The van der Waals surface area contributed by atoms with Crippen molar-refractivity contribution in [3.05, 3.63) is 0 Å². The molecule has 7 nitrogen and oxygen atoms in total. The van der Waals surface area contributed by atoms with E-state index in [0.29, 0.717) is 32.0 Å². The van der Waals surface area contributed by atoms with Crippen molar-refractivity contribution in [2.45, 2.75) is 26.2 Å². The van der Waals surface area contributed by atoms with Crippen molar-refractivity contribution in [3.8, 4) is 0 Å². The van der Waals surface area contributed by atoms with Crippen molar-refractivity contribution in [1.82, 2.24) is 10.6 Å². The van der Waals surface area contributed by atoms with Gasteiger partial charge in [0, 0.05) is 38.8 Å². The van der Waals surface area contributed by atoms with Crippen molar-refractivity contribution in [2.75, 3.05) is 53.2 Å². The first-order chi connectivity index (χ1) is 10.8. The Balaban J connectivity index is 0.00000484. The molecule has 0 amide bonds. The fourth-order valence-corrected chi connectivity index (χ4v) is 2.05. The van der Waals surface area contributed by atoms with Gasteiger partial charge in [0.05, 0.1) is 26.7 Å². The lowest BCUT2D eigenvalue weighted by Gasteiger charge is -2.11. The Morgan fingerprint density at radius 2 is 2.22 bits per heavy atom. The summed E-state index contributed by atoms with van der Waals surface area (Å²) in [6.07, 6.45) is 2.31. The highest BCUT2D eigenvalue weighted by Gasteiger charge is 2.15. The summed E-state index contributed by atoms with van der Waals surface area (Å²) in [5, 5.41) is 6.24. The van der Waals surface area contributed by atoms with Crippen LogP contribution in [-0.4, -0.2) is 65.1 Å². The maximum Gasteiger partial charge on any atom is 0.307 e. The third kappa shape index (κ3) is 11.5. The van der Waals surface area contributed by atoms with E-state index in [2.05, 4.69) is 20.4 Å². The number of ether oxygens (including phenoxy) is 3. The third-order valence-electron chi connectivity index (χ3n) is 3.29. The van der Waals surface area contributed by atoms with E-state index >= 15 is 0 Å². The van der Waals surface area contributed by atoms with Crippen LogP contribution in [0.25, 0.3) is 0 Å². The summed E-state index contributed by atoms with van der Waals surface area (Å²) in [5.74, 6) is 1.05. The van der Waals surface area contributed by atoms with Crippen molar-refractivity contribution in [3.63, 3.8) is 0 Å². The normalized spacial score (nSPS) is 17.5. The molecule has 1 heterocycles. The van der Waals surface area contributed by atoms with Crippen molar-refractivity contribution >= 4 is 35.9 Å². The Morgan fingerprint density at radius 1 is 1.39 bits per heavy atom. The zero-order chi connectivity index (χ0) is 16.0. The van der Waals surface area contributed by atoms with E-state index in [1.165, 1.54) is 7.11 Å². The molecule has 0 aromatic heterocycles. The molecule has 0 spiro atoms. The molecule has 0 saturated carbocycles. The number of nitrogens with zero attached hydrogens (tertiary/aromatic N) is 1. The van der Waals surface area contributed by atoms with Crippen molar-refractivity contribution in [1.29, 1.82) is 0 Å². The number of guanidine groups is 1. The second-order valence-corrected chi connectivity index (χ2v) is 5.17. The minimum Gasteiger partial charge on any atom is -0.469 e. The first kappa shape index (κ1) is 22.4. The molecule has 1 saturated heterocycles. The standard InChI is InChI=1S/C15H29N3O4.HI/c1-3-16-15(18-8-5-14(19)20-2)17-7-4-9-21-11-13-6-10-22-12-13;/h13H,3-12H2,1-2H3,(H2,16,17,18);1H. The van der Waals surface area contributed by atoms with Crippen LogP contribution in [0.4, 0.5) is 0 Å². The Morgan fingerprint density at radius 3 is 2.87 bits per heavy atom. The van der Waals surface area contributed by atoms with Crippen molar-refractivity contribution in [2.24, 2.45) is 10.9 Å². The number of aliphatic imine (C=N–C) groups is 1. The van der Waals surface area contributed by atoms with Crippen LogP contribution in [0.5, 0.6) is 0 Å². The van der Waals surface area contributed by atoms with Crippen LogP contribution in [0.1, 0.15) is 26.2 Å². The van der Waals surface area contributed by atoms with E-state index in [1.807, 2.05) is 6.92 Å². The molecule has 1 rings (SSSR count). The second-order valence-electron chi connectivity index (χ2n) is 5.17. The topological polar surface area (TPSA) is 81.2 Å². The molecule has 23 heavy (non-hydrogen) atoms. The van der Waals surface area contributed by atoms with Gasteiger partial charge in [0.2, 0.25) is 0 Å². The van der Waals surface area contributed by atoms with Gasteiger partial charge in [-0.3, -0.25) is 9.79 Å². The average molecular weight is 443 g/mol. The summed E-state index contributed by atoms with van der Waals surface area (Å²) in [4.78, 5) is 15.5. The molecule has 0 aliphatic carbocycles. The second kappa shape index (κ2) is 14.9. The Hall–Kier alpha value is -0.610. The van der Waals surface area contributed by atoms with Crippen LogP contribution >= 0.6 is 24.0 Å². The maximum atomic E-state index is 11.0. The predicted octanol–water partition coefficient (Wildman–Crippen LogP) is 1.17. The van der Waals surface area contributed by atoms with Gasteiger partial charge in [-0.25, -0.2) is 0 Å². The van der Waals surface area contributed by atoms with Crippen LogP contribution in [0.3, 0.4) is 0 Å². The van der Waals surface area contributed by atoms with Crippen LogP contribution < -0.4 is 10.6 Å². The quantitative estimate of drug-likeness (QED) is 0.174. The highest BCUT2D eigenvalue weighted by molar-refractivity contribution is 14.0. The first-order valence-corrected chi connectivity index (χ1v) is 8.00. The molecule has 1 atom stereocenters. The number of halogens is 1. The summed E-state index contributed by atoms with van der Waals surface area (Å²) in [6.45, 7) is 7.16.